The molecule has 0 radical (unpaired) electrons. The molecule has 184 valence electrons. The number of pyridine rings is 1. The van der Waals surface area contributed by atoms with Crippen molar-refractivity contribution in [2.45, 2.75) is 38.8 Å². The molecule has 6 nitrogen and oxygen atoms in total. The van der Waals surface area contributed by atoms with Crippen molar-refractivity contribution < 1.29 is 13.7 Å². The molecule has 0 saturated carbocycles. The maximum absolute atomic E-state index is 12.9. The zero-order chi connectivity index (χ0) is 25.6. The van der Waals surface area contributed by atoms with Gasteiger partial charge in [0.1, 0.15) is 22.5 Å². The van der Waals surface area contributed by atoms with E-state index in [9.17, 15) is 4.21 Å². The number of ether oxygens (including phenoxy) is 2. The summed E-state index contributed by atoms with van der Waals surface area (Å²) >= 11 is 0. The topological polar surface area (TPSA) is 72.5 Å². The van der Waals surface area contributed by atoms with Crippen molar-refractivity contribution in [1.82, 2.24) is 4.98 Å². The maximum Gasteiger partial charge on any atom is 0.199 e. The molecule has 4 rings (SSSR count). The molecule has 2 N–H and O–H groups in total. The van der Waals surface area contributed by atoms with Gasteiger partial charge >= 0.3 is 0 Å². The third-order valence-corrected chi connectivity index (χ3v) is 5.59. The maximum atomic E-state index is 12.9. The van der Waals surface area contributed by atoms with Crippen LogP contribution >= 0.6 is 0 Å². The van der Waals surface area contributed by atoms with E-state index in [1.165, 1.54) is 0 Å². The van der Waals surface area contributed by atoms with Gasteiger partial charge in [0, 0.05) is 11.8 Å². The number of benzene rings is 2. The van der Waals surface area contributed by atoms with Gasteiger partial charge in [-0.05, 0) is 54.6 Å². The second-order valence-electron chi connectivity index (χ2n) is 6.53. The summed E-state index contributed by atoms with van der Waals surface area (Å²) in [5.74, 6) is 2.56. The molecule has 2 aromatic carbocycles. The van der Waals surface area contributed by atoms with E-state index >= 15 is 0 Å². The number of nitrogens with one attached hydrogen (secondary N) is 2. The van der Waals surface area contributed by atoms with E-state index in [-0.39, 0.29) is 0 Å². The van der Waals surface area contributed by atoms with E-state index in [1.807, 2.05) is 64.1 Å². The van der Waals surface area contributed by atoms with E-state index in [4.69, 9.17) is 9.47 Å². The number of anilines is 2. The van der Waals surface area contributed by atoms with Crippen molar-refractivity contribution >= 4 is 22.5 Å². The largest absolute Gasteiger partial charge is 0.462 e. The normalized spacial score (nSPS) is 14.3. The van der Waals surface area contributed by atoms with Crippen LogP contribution in [0.5, 0.6) is 11.5 Å². The molecule has 0 spiro atoms. The molecule has 2 heterocycles. The Morgan fingerprint density at radius 2 is 1.77 bits per heavy atom. The van der Waals surface area contributed by atoms with E-state index in [0.29, 0.717) is 33.7 Å². The van der Waals surface area contributed by atoms with E-state index < -0.39 is 17.2 Å². The Hall–Kier alpha value is -3.84. The van der Waals surface area contributed by atoms with Gasteiger partial charge in [0.05, 0.1) is 10.6 Å². The fraction of sp³-hybridized carbons (Fsp3) is 0.179. The zero-order valence-electron chi connectivity index (χ0n) is 20.7. The molecule has 0 amide bonds. The number of hydrogen-bond donors (Lipinski definition) is 2. The van der Waals surface area contributed by atoms with Crippen LogP contribution in [0, 0.1) is 0 Å². The predicted molar refractivity (Wildman–Crippen MR) is 146 cm³/mol. The SMILES string of the molecule is C=C/C=C(\C=C)Oc1ccc(S(=O)Nc2ccccc2C2Nc3ncccc3O2)cc1.CC.CC. The quantitative estimate of drug-likeness (QED) is 0.254. The third kappa shape index (κ3) is 7.32. The molecule has 1 aliphatic heterocycles. The van der Waals surface area contributed by atoms with Crippen molar-refractivity contribution in [3.63, 3.8) is 0 Å². The number of para-hydroxylation sites is 1. The number of allylic oxidation sites excluding steroid dienone is 3. The second-order valence-corrected chi connectivity index (χ2v) is 7.75. The van der Waals surface area contributed by atoms with Crippen LogP contribution in [0.1, 0.15) is 39.5 Å². The fourth-order valence-electron chi connectivity index (χ4n) is 3.02. The van der Waals surface area contributed by atoms with Gasteiger partial charge in [-0.15, -0.1) is 0 Å². The molecule has 0 aliphatic carbocycles. The highest BCUT2D eigenvalue weighted by Gasteiger charge is 2.26. The van der Waals surface area contributed by atoms with Crippen LogP contribution in [-0.2, 0) is 11.0 Å². The Balaban J connectivity index is 0.00000103. The summed E-state index contributed by atoms with van der Waals surface area (Å²) in [6.07, 6.45) is 6.22. The summed E-state index contributed by atoms with van der Waals surface area (Å²) < 4.78 is 27.7. The summed E-state index contributed by atoms with van der Waals surface area (Å²) in [5.41, 5.74) is 1.54. The Morgan fingerprint density at radius 3 is 2.43 bits per heavy atom. The van der Waals surface area contributed by atoms with Gasteiger partial charge in [-0.3, -0.25) is 0 Å². The number of fused-ring (bicyclic) bond motifs is 1. The molecule has 1 aromatic heterocycles. The van der Waals surface area contributed by atoms with Gasteiger partial charge < -0.3 is 19.5 Å². The predicted octanol–water partition coefficient (Wildman–Crippen LogP) is 7.41. The van der Waals surface area contributed by atoms with Crippen LogP contribution in [0.15, 0.2) is 109 Å². The van der Waals surface area contributed by atoms with Crippen LogP contribution in [0.25, 0.3) is 0 Å². The van der Waals surface area contributed by atoms with Crippen LogP contribution in [0.2, 0.25) is 0 Å². The van der Waals surface area contributed by atoms with Crippen LogP contribution in [0.3, 0.4) is 0 Å². The fourth-order valence-corrected chi connectivity index (χ4v) is 3.91. The van der Waals surface area contributed by atoms with Gasteiger partial charge in [-0.25, -0.2) is 9.19 Å². The highest BCUT2D eigenvalue weighted by Crippen LogP contribution is 2.38. The Kier molecular flexibility index (Phi) is 11.3. The lowest BCUT2D eigenvalue weighted by Gasteiger charge is -2.17. The van der Waals surface area contributed by atoms with Crippen molar-refractivity contribution in [3.8, 4) is 11.5 Å². The van der Waals surface area contributed by atoms with Crippen LogP contribution in [0.4, 0.5) is 11.5 Å². The lowest BCUT2D eigenvalue weighted by molar-refractivity contribution is 0.260. The Morgan fingerprint density at radius 1 is 1.06 bits per heavy atom. The standard InChI is InChI=1S/C24H21N3O3S.2C2H6/c1-3-8-17(4-2)29-18-12-14-19(15-13-18)31(28)27-21-10-6-5-9-20(21)24-26-23-22(30-24)11-7-16-25-23;2*1-2/h3-16,24,27H,1-2H2,(H,25,26);2*1-2H3/b17-8+;;. The van der Waals surface area contributed by atoms with Crippen molar-refractivity contribution in [2.24, 2.45) is 0 Å². The molecular weight excluding hydrogens is 458 g/mol. The summed E-state index contributed by atoms with van der Waals surface area (Å²) in [7, 11) is -1.48. The summed E-state index contributed by atoms with van der Waals surface area (Å²) in [5, 5.41) is 3.24. The van der Waals surface area contributed by atoms with Crippen molar-refractivity contribution in [1.29, 1.82) is 0 Å². The summed E-state index contributed by atoms with van der Waals surface area (Å²) in [6, 6.07) is 18.3. The first-order valence-corrected chi connectivity index (χ1v) is 12.7. The minimum Gasteiger partial charge on any atom is -0.462 e. The van der Waals surface area contributed by atoms with E-state index in [1.54, 1.807) is 48.7 Å². The van der Waals surface area contributed by atoms with Crippen LogP contribution in [-0.4, -0.2) is 9.19 Å². The molecule has 7 heteroatoms. The number of hydrogen-bond acceptors (Lipinski definition) is 5. The third-order valence-electron chi connectivity index (χ3n) is 4.49. The first-order valence-electron chi connectivity index (χ1n) is 11.6. The van der Waals surface area contributed by atoms with Gasteiger partial charge in [0.15, 0.2) is 17.8 Å². The molecule has 0 bridgehead atoms. The van der Waals surface area contributed by atoms with Gasteiger partial charge in [0.2, 0.25) is 0 Å². The van der Waals surface area contributed by atoms with Gasteiger partial charge in [-0.1, -0.05) is 65.1 Å². The molecular formula is C28H33N3O3S. The molecule has 0 fully saturated rings. The molecule has 2 unspecified atom stereocenters. The smallest absolute Gasteiger partial charge is 0.199 e. The first kappa shape index (κ1) is 27.4. The molecule has 0 saturated heterocycles. The second kappa shape index (κ2) is 14.4. The number of aromatic nitrogens is 1. The molecule has 35 heavy (non-hydrogen) atoms. The first-order chi connectivity index (χ1) is 17.2. The highest BCUT2D eigenvalue weighted by atomic mass is 32.2. The minimum absolute atomic E-state index is 0.421. The number of nitrogens with zero attached hydrogens (tertiary/aromatic N) is 1. The van der Waals surface area contributed by atoms with Crippen molar-refractivity contribution in [2.75, 3.05) is 10.0 Å². The van der Waals surface area contributed by atoms with Gasteiger partial charge in [-0.2, -0.15) is 0 Å². The lowest BCUT2D eigenvalue weighted by atomic mass is 10.1. The van der Waals surface area contributed by atoms with Gasteiger partial charge in [0.25, 0.3) is 0 Å². The highest BCUT2D eigenvalue weighted by molar-refractivity contribution is 7.86. The molecule has 1 aliphatic rings. The Bertz CT molecular complexity index is 1140. The van der Waals surface area contributed by atoms with Crippen LogP contribution < -0.4 is 19.5 Å². The number of rotatable bonds is 8. The summed E-state index contributed by atoms with van der Waals surface area (Å²) in [4.78, 5) is 4.89. The average Bonchev–Trinajstić information content (AvgIpc) is 3.35. The molecule has 2 atom stereocenters. The monoisotopic (exact) mass is 491 g/mol. The van der Waals surface area contributed by atoms with Crippen molar-refractivity contribution in [3.05, 3.63) is 110 Å². The molecule has 3 aromatic rings. The Labute approximate surface area is 211 Å². The average molecular weight is 492 g/mol. The van der Waals surface area contributed by atoms with E-state index in [2.05, 4.69) is 28.2 Å². The minimum atomic E-state index is -1.48. The van der Waals surface area contributed by atoms with E-state index in [0.717, 1.165) is 5.56 Å². The summed E-state index contributed by atoms with van der Waals surface area (Å²) in [6.45, 7) is 15.3. The zero-order valence-corrected chi connectivity index (χ0v) is 21.5. The lowest BCUT2D eigenvalue weighted by Crippen LogP contribution is -2.14.